The molecule has 4 rings (SSSR count). The second-order valence-corrected chi connectivity index (χ2v) is 11.0. The van der Waals surface area contributed by atoms with Gasteiger partial charge in [-0.2, -0.15) is 4.31 Å². The van der Waals surface area contributed by atoms with Crippen LogP contribution >= 0.6 is 15.9 Å². The molecule has 8 nitrogen and oxygen atoms in total. The van der Waals surface area contributed by atoms with E-state index in [0.717, 1.165) is 27.5 Å². The third-order valence-electron chi connectivity index (χ3n) is 5.60. The minimum Gasteiger partial charge on any atom is -0.491 e. The van der Waals surface area contributed by atoms with Crippen molar-refractivity contribution in [3.63, 3.8) is 0 Å². The first-order chi connectivity index (χ1) is 15.8. The summed E-state index contributed by atoms with van der Waals surface area (Å²) in [4.78, 5) is 18.1. The highest BCUT2D eigenvalue weighted by molar-refractivity contribution is 9.10. The molecule has 0 aliphatic carbocycles. The van der Waals surface area contributed by atoms with Crippen LogP contribution in [0.5, 0.6) is 5.75 Å². The molecule has 1 aliphatic rings. The van der Waals surface area contributed by atoms with Crippen LogP contribution < -0.4 is 4.74 Å². The van der Waals surface area contributed by atoms with Crippen LogP contribution in [0.15, 0.2) is 52.1 Å². The van der Waals surface area contributed by atoms with Gasteiger partial charge in [0.2, 0.25) is 10.0 Å². The molecule has 2 aromatic heterocycles. The van der Waals surface area contributed by atoms with Gasteiger partial charge in [0.25, 0.3) is 0 Å². The van der Waals surface area contributed by atoms with Crippen LogP contribution in [0.1, 0.15) is 19.4 Å². The van der Waals surface area contributed by atoms with Crippen LogP contribution in [-0.4, -0.2) is 65.7 Å². The summed E-state index contributed by atoms with van der Waals surface area (Å²) in [5.74, 6) is 0.657. The zero-order valence-corrected chi connectivity index (χ0v) is 21.0. The first-order valence-electron chi connectivity index (χ1n) is 10.8. The minimum atomic E-state index is -3.55. The fraction of sp³-hybridized carbons (Fsp3) is 0.391. The van der Waals surface area contributed by atoms with Crippen molar-refractivity contribution in [2.45, 2.75) is 37.9 Å². The third-order valence-corrected chi connectivity index (χ3v) is 7.96. The Bertz CT molecular complexity index is 1230. The Hall–Kier alpha value is -2.27. The SMILES string of the molecule is CC(C)Oc1ccc(S(=O)(=O)N2CCN(Cc3cn(CC=O)c4nc(Br)ccc34)CC2)cc1. The number of ether oxygens (including phenoxy) is 1. The van der Waals surface area contributed by atoms with Gasteiger partial charge in [0.05, 0.1) is 17.5 Å². The maximum absolute atomic E-state index is 13.1. The van der Waals surface area contributed by atoms with Gasteiger partial charge < -0.3 is 14.1 Å². The van der Waals surface area contributed by atoms with Crippen molar-refractivity contribution < 1.29 is 17.9 Å². The molecule has 0 spiro atoms. The maximum Gasteiger partial charge on any atom is 0.243 e. The van der Waals surface area contributed by atoms with Gasteiger partial charge in [0.1, 0.15) is 22.3 Å². The molecule has 0 N–H and O–H groups in total. The standard InChI is InChI=1S/C23H27BrN4O4S/c1-17(2)32-19-3-5-20(6-4-19)33(30,31)28-11-9-26(10-12-28)15-18-16-27(13-14-29)23-21(18)7-8-22(24)25-23/h3-8,14,16-17H,9-13,15H2,1-2H3. The van der Waals surface area contributed by atoms with Gasteiger partial charge >= 0.3 is 0 Å². The number of fused-ring (bicyclic) bond motifs is 1. The first kappa shape index (κ1) is 23.9. The summed E-state index contributed by atoms with van der Waals surface area (Å²) in [6.07, 6.45) is 2.85. The smallest absolute Gasteiger partial charge is 0.243 e. The van der Waals surface area contributed by atoms with E-state index < -0.39 is 10.0 Å². The normalized spacial score (nSPS) is 15.9. The molecule has 10 heteroatoms. The van der Waals surface area contributed by atoms with Crippen molar-refractivity contribution in [1.82, 2.24) is 18.8 Å². The second-order valence-electron chi connectivity index (χ2n) is 8.30. The number of carbonyl (C=O) groups is 1. The van der Waals surface area contributed by atoms with E-state index in [4.69, 9.17) is 4.74 Å². The number of pyridine rings is 1. The third kappa shape index (κ3) is 5.29. The van der Waals surface area contributed by atoms with Gasteiger partial charge in [-0.15, -0.1) is 0 Å². The lowest BCUT2D eigenvalue weighted by molar-refractivity contribution is -0.108. The number of hydrogen-bond acceptors (Lipinski definition) is 6. The fourth-order valence-electron chi connectivity index (χ4n) is 4.04. The average molecular weight is 535 g/mol. The molecular weight excluding hydrogens is 508 g/mol. The number of piperazine rings is 1. The Kier molecular flexibility index (Phi) is 7.18. The molecule has 176 valence electrons. The summed E-state index contributed by atoms with van der Waals surface area (Å²) in [5.41, 5.74) is 1.83. The summed E-state index contributed by atoms with van der Waals surface area (Å²) >= 11 is 3.39. The van der Waals surface area contributed by atoms with Gasteiger partial charge in [-0.25, -0.2) is 13.4 Å². The molecule has 33 heavy (non-hydrogen) atoms. The van der Waals surface area contributed by atoms with Crippen LogP contribution in [0.4, 0.5) is 0 Å². The van der Waals surface area contributed by atoms with Gasteiger partial charge in [0.15, 0.2) is 0 Å². The Morgan fingerprint density at radius 2 is 1.79 bits per heavy atom. The molecule has 0 atom stereocenters. The lowest BCUT2D eigenvalue weighted by Gasteiger charge is -2.33. The number of rotatable bonds is 8. The highest BCUT2D eigenvalue weighted by atomic mass is 79.9. The summed E-state index contributed by atoms with van der Waals surface area (Å²) in [6.45, 7) is 6.86. The van der Waals surface area contributed by atoms with Crippen molar-refractivity contribution in [2.24, 2.45) is 0 Å². The van der Waals surface area contributed by atoms with Crippen molar-refractivity contribution >= 4 is 43.3 Å². The molecule has 0 unspecified atom stereocenters. The number of halogens is 1. The highest BCUT2D eigenvalue weighted by Gasteiger charge is 2.29. The van der Waals surface area contributed by atoms with E-state index in [1.807, 2.05) is 36.7 Å². The Labute approximate surface area is 202 Å². The predicted molar refractivity (Wildman–Crippen MR) is 130 cm³/mol. The van der Waals surface area contributed by atoms with Gasteiger partial charge in [-0.1, -0.05) is 0 Å². The van der Waals surface area contributed by atoms with E-state index in [2.05, 4.69) is 25.8 Å². The van der Waals surface area contributed by atoms with Crippen LogP contribution in [0.2, 0.25) is 0 Å². The van der Waals surface area contributed by atoms with Crippen molar-refractivity contribution in [3.05, 3.63) is 52.8 Å². The lowest BCUT2D eigenvalue weighted by atomic mass is 10.2. The van der Waals surface area contributed by atoms with Crippen molar-refractivity contribution in [1.29, 1.82) is 0 Å². The zero-order valence-electron chi connectivity index (χ0n) is 18.6. The summed E-state index contributed by atoms with van der Waals surface area (Å²) in [6, 6.07) is 10.5. The summed E-state index contributed by atoms with van der Waals surface area (Å²) in [5, 5.41) is 0.999. The number of carbonyl (C=O) groups excluding carboxylic acids is 1. The van der Waals surface area contributed by atoms with E-state index in [1.54, 1.807) is 24.3 Å². The van der Waals surface area contributed by atoms with E-state index in [9.17, 15) is 13.2 Å². The molecule has 1 aliphatic heterocycles. The van der Waals surface area contributed by atoms with Gasteiger partial charge in [-0.05, 0) is 71.7 Å². The molecule has 1 aromatic carbocycles. The quantitative estimate of drug-likeness (QED) is 0.325. The molecule has 0 bridgehead atoms. The van der Waals surface area contributed by atoms with E-state index in [-0.39, 0.29) is 17.5 Å². The topological polar surface area (TPSA) is 84.7 Å². The Morgan fingerprint density at radius 3 is 2.42 bits per heavy atom. The molecule has 0 amide bonds. The monoisotopic (exact) mass is 534 g/mol. The number of sulfonamides is 1. The average Bonchev–Trinajstić information content (AvgIpc) is 3.10. The molecule has 3 aromatic rings. The maximum atomic E-state index is 13.1. The molecule has 0 radical (unpaired) electrons. The second kappa shape index (κ2) is 9.92. The molecular formula is C23H27BrN4O4S. The van der Waals surface area contributed by atoms with Crippen molar-refractivity contribution in [2.75, 3.05) is 26.2 Å². The largest absolute Gasteiger partial charge is 0.491 e. The first-order valence-corrected chi connectivity index (χ1v) is 13.1. The predicted octanol–water partition coefficient (Wildman–Crippen LogP) is 3.29. The van der Waals surface area contributed by atoms with E-state index >= 15 is 0 Å². The molecule has 3 heterocycles. The van der Waals surface area contributed by atoms with Crippen LogP contribution in [0, 0.1) is 0 Å². The Morgan fingerprint density at radius 1 is 1.09 bits per heavy atom. The number of aldehydes is 1. The fourth-order valence-corrected chi connectivity index (χ4v) is 5.76. The van der Waals surface area contributed by atoms with E-state index in [0.29, 0.717) is 38.5 Å². The number of aromatic nitrogens is 2. The van der Waals surface area contributed by atoms with Crippen LogP contribution in [0.3, 0.4) is 0 Å². The minimum absolute atomic E-state index is 0.0327. The molecule has 1 saturated heterocycles. The number of benzene rings is 1. The van der Waals surface area contributed by atoms with Gasteiger partial charge in [-0.3, -0.25) is 4.90 Å². The van der Waals surface area contributed by atoms with E-state index in [1.165, 1.54) is 4.31 Å². The van der Waals surface area contributed by atoms with Gasteiger partial charge in [0, 0.05) is 44.3 Å². The molecule has 1 fully saturated rings. The zero-order chi connectivity index (χ0) is 23.6. The van der Waals surface area contributed by atoms with Crippen LogP contribution in [-0.2, 0) is 27.9 Å². The van der Waals surface area contributed by atoms with Crippen molar-refractivity contribution in [3.8, 4) is 5.75 Å². The highest BCUT2D eigenvalue weighted by Crippen LogP contribution is 2.25. The van der Waals surface area contributed by atoms with Crippen LogP contribution in [0.25, 0.3) is 11.0 Å². The summed E-state index contributed by atoms with van der Waals surface area (Å²) in [7, 11) is -3.55. The Balaban J connectivity index is 1.43. The lowest BCUT2D eigenvalue weighted by Crippen LogP contribution is -2.48. The summed E-state index contributed by atoms with van der Waals surface area (Å²) < 4.78 is 35.9. The number of nitrogens with zero attached hydrogens (tertiary/aromatic N) is 4. The number of hydrogen-bond donors (Lipinski definition) is 0. The molecule has 0 saturated carbocycles.